The normalized spacial score (nSPS) is 16.1. The number of aliphatic hydroxyl groups is 1. The number of hydrogen-bond donors (Lipinski definition) is 2. The highest BCUT2D eigenvalue weighted by atomic mass is 16.3. The van der Waals surface area contributed by atoms with Crippen LogP contribution < -0.4 is 5.73 Å². The Morgan fingerprint density at radius 2 is 1.81 bits per heavy atom. The van der Waals surface area contributed by atoms with E-state index in [4.69, 9.17) is 5.73 Å². The molecule has 16 heavy (non-hydrogen) atoms. The van der Waals surface area contributed by atoms with Crippen LogP contribution in [0.5, 0.6) is 0 Å². The molecule has 0 saturated heterocycles. The van der Waals surface area contributed by atoms with E-state index in [2.05, 4.69) is 37.7 Å². The maximum Gasteiger partial charge on any atom is 0.0867 e. The van der Waals surface area contributed by atoms with Gasteiger partial charge in [-0.2, -0.15) is 0 Å². The van der Waals surface area contributed by atoms with Crippen LogP contribution >= 0.6 is 0 Å². The Hall–Kier alpha value is -0.160. The van der Waals surface area contributed by atoms with E-state index in [9.17, 15) is 5.11 Å². The Morgan fingerprint density at radius 1 is 1.25 bits per heavy atom. The summed E-state index contributed by atoms with van der Waals surface area (Å²) in [7, 11) is 4.13. The maximum absolute atomic E-state index is 9.99. The molecule has 1 atom stereocenters. The van der Waals surface area contributed by atoms with Gasteiger partial charge in [0, 0.05) is 32.7 Å². The predicted molar refractivity (Wildman–Crippen MR) is 69.5 cm³/mol. The monoisotopic (exact) mass is 231 g/mol. The molecule has 0 aliphatic heterocycles. The van der Waals surface area contributed by atoms with Crippen molar-refractivity contribution in [3.05, 3.63) is 0 Å². The molecule has 4 nitrogen and oxygen atoms in total. The van der Waals surface area contributed by atoms with Gasteiger partial charge < -0.3 is 15.7 Å². The van der Waals surface area contributed by atoms with Crippen molar-refractivity contribution in [3.8, 4) is 0 Å². The molecule has 0 radical (unpaired) electrons. The molecule has 0 amide bonds. The standard InChI is InChI=1S/C12H29N3O/c1-11(2)8-15(7-6-14(4)5)10-12(3,16)9-13/h11,16H,6-10,13H2,1-5H3. The van der Waals surface area contributed by atoms with Crippen LogP contribution in [-0.4, -0.2) is 67.3 Å². The quantitative estimate of drug-likeness (QED) is 0.627. The lowest BCUT2D eigenvalue weighted by Crippen LogP contribution is -2.48. The van der Waals surface area contributed by atoms with Crippen LogP contribution in [-0.2, 0) is 0 Å². The third-order valence-electron chi connectivity index (χ3n) is 2.49. The summed E-state index contributed by atoms with van der Waals surface area (Å²) in [5.41, 5.74) is 4.78. The van der Waals surface area contributed by atoms with Crippen LogP contribution in [0.4, 0.5) is 0 Å². The summed E-state index contributed by atoms with van der Waals surface area (Å²) in [6.45, 7) is 10.1. The zero-order valence-corrected chi connectivity index (χ0v) is 11.5. The Balaban J connectivity index is 4.20. The summed E-state index contributed by atoms with van der Waals surface area (Å²) < 4.78 is 0. The minimum absolute atomic E-state index is 0.309. The lowest BCUT2D eigenvalue weighted by atomic mass is 10.1. The van der Waals surface area contributed by atoms with Crippen molar-refractivity contribution in [3.63, 3.8) is 0 Å². The fraction of sp³-hybridized carbons (Fsp3) is 1.00. The molecule has 0 heterocycles. The third-order valence-corrected chi connectivity index (χ3v) is 2.49. The van der Waals surface area contributed by atoms with E-state index < -0.39 is 5.60 Å². The average Bonchev–Trinajstić information content (AvgIpc) is 2.13. The van der Waals surface area contributed by atoms with Gasteiger partial charge in [0.25, 0.3) is 0 Å². The topological polar surface area (TPSA) is 52.7 Å². The minimum atomic E-state index is -0.777. The molecule has 0 bridgehead atoms. The van der Waals surface area contributed by atoms with Gasteiger partial charge in [-0.1, -0.05) is 13.8 Å². The SMILES string of the molecule is CC(C)CN(CCN(C)C)CC(C)(O)CN. The lowest BCUT2D eigenvalue weighted by Gasteiger charge is -2.32. The van der Waals surface area contributed by atoms with Gasteiger partial charge >= 0.3 is 0 Å². The zero-order chi connectivity index (χ0) is 12.8. The van der Waals surface area contributed by atoms with Crippen molar-refractivity contribution in [2.75, 3.05) is 46.8 Å². The van der Waals surface area contributed by atoms with Crippen LogP contribution in [0.15, 0.2) is 0 Å². The summed E-state index contributed by atoms with van der Waals surface area (Å²) in [4.78, 5) is 4.45. The first kappa shape index (κ1) is 15.8. The van der Waals surface area contributed by atoms with Gasteiger partial charge in [0.1, 0.15) is 0 Å². The van der Waals surface area contributed by atoms with Crippen molar-refractivity contribution in [2.24, 2.45) is 11.7 Å². The highest BCUT2D eigenvalue weighted by Gasteiger charge is 2.22. The van der Waals surface area contributed by atoms with E-state index >= 15 is 0 Å². The average molecular weight is 231 g/mol. The van der Waals surface area contributed by atoms with Gasteiger partial charge in [-0.05, 0) is 26.9 Å². The summed E-state index contributed by atoms with van der Waals surface area (Å²) in [6, 6.07) is 0. The van der Waals surface area contributed by atoms with E-state index in [1.54, 1.807) is 6.92 Å². The number of nitrogens with zero attached hydrogens (tertiary/aromatic N) is 2. The van der Waals surface area contributed by atoms with E-state index in [0.29, 0.717) is 19.0 Å². The second kappa shape index (κ2) is 7.22. The zero-order valence-electron chi connectivity index (χ0n) is 11.5. The number of likely N-dealkylation sites (N-methyl/N-ethyl adjacent to an activating group) is 1. The summed E-state index contributed by atoms with van der Waals surface area (Å²) in [6.07, 6.45) is 0. The van der Waals surface area contributed by atoms with Crippen LogP contribution in [0.25, 0.3) is 0 Å². The molecule has 0 spiro atoms. The molecule has 0 aromatic heterocycles. The molecule has 0 aliphatic rings. The van der Waals surface area contributed by atoms with Crippen molar-refractivity contribution in [1.29, 1.82) is 0 Å². The Morgan fingerprint density at radius 3 is 2.19 bits per heavy atom. The van der Waals surface area contributed by atoms with Crippen molar-refractivity contribution in [1.82, 2.24) is 9.80 Å². The lowest BCUT2D eigenvalue weighted by molar-refractivity contribution is 0.0222. The van der Waals surface area contributed by atoms with Crippen LogP contribution in [0.3, 0.4) is 0 Å². The molecule has 0 fully saturated rings. The number of nitrogens with two attached hydrogens (primary N) is 1. The highest BCUT2D eigenvalue weighted by molar-refractivity contribution is 4.79. The van der Waals surface area contributed by atoms with Crippen molar-refractivity contribution in [2.45, 2.75) is 26.4 Å². The van der Waals surface area contributed by atoms with Crippen LogP contribution in [0, 0.1) is 5.92 Å². The fourth-order valence-electron chi connectivity index (χ4n) is 1.64. The van der Waals surface area contributed by atoms with E-state index in [1.807, 2.05) is 0 Å². The van der Waals surface area contributed by atoms with Gasteiger partial charge in [0.15, 0.2) is 0 Å². The second-order valence-electron chi connectivity index (χ2n) is 5.63. The summed E-state index contributed by atoms with van der Waals surface area (Å²) in [5.74, 6) is 0.607. The van der Waals surface area contributed by atoms with Gasteiger partial charge in [-0.15, -0.1) is 0 Å². The Bertz CT molecular complexity index is 181. The van der Waals surface area contributed by atoms with E-state index in [1.165, 1.54) is 0 Å². The van der Waals surface area contributed by atoms with Gasteiger partial charge in [-0.25, -0.2) is 0 Å². The fourth-order valence-corrected chi connectivity index (χ4v) is 1.64. The molecule has 0 aromatic rings. The summed E-state index contributed by atoms with van der Waals surface area (Å²) in [5, 5.41) is 9.99. The van der Waals surface area contributed by atoms with Gasteiger partial charge in [0.2, 0.25) is 0 Å². The molecule has 0 saturated carbocycles. The summed E-state index contributed by atoms with van der Waals surface area (Å²) >= 11 is 0. The van der Waals surface area contributed by atoms with Crippen molar-refractivity contribution < 1.29 is 5.11 Å². The van der Waals surface area contributed by atoms with E-state index in [-0.39, 0.29) is 0 Å². The smallest absolute Gasteiger partial charge is 0.0867 e. The van der Waals surface area contributed by atoms with Gasteiger partial charge in [0.05, 0.1) is 5.60 Å². The predicted octanol–water partition coefficient (Wildman–Crippen LogP) is 0.216. The second-order valence-corrected chi connectivity index (χ2v) is 5.63. The first-order chi connectivity index (χ1) is 7.26. The number of hydrogen-bond acceptors (Lipinski definition) is 4. The Kier molecular flexibility index (Phi) is 7.15. The van der Waals surface area contributed by atoms with E-state index in [0.717, 1.165) is 19.6 Å². The largest absolute Gasteiger partial charge is 0.388 e. The molecular weight excluding hydrogens is 202 g/mol. The van der Waals surface area contributed by atoms with Crippen molar-refractivity contribution >= 4 is 0 Å². The number of rotatable bonds is 8. The molecular formula is C12H29N3O. The highest BCUT2D eigenvalue weighted by Crippen LogP contribution is 2.07. The Labute approximate surface area is 100 Å². The van der Waals surface area contributed by atoms with Gasteiger partial charge in [-0.3, -0.25) is 4.90 Å². The molecule has 0 rings (SSSR count). The molecule has 0 aliphatic carbocycles. The molecule has 0 aromatic carbocycles. The molecule has 1 unspecified atom stereocenters. The minimum Gasteiger partial charge on any atom is -0.388 e. The third kappa shape index (κ3) is 8.05. The first-order valence-corrected chi connectivity index (χ1v) is 6.06. The molecule has 98 valence electrons. The molecule has 4 heteroatoms. The molecule has 3 N–H and O–H groups in total. The first-order valence-electron chi connectivity index (χ1n) is 6.06. The van der Waals surface area contributed by atoms with Crippen LogP contribution in [0.2, 0.25) is 0 Å². The maximum atomic E-state index is 9.99. The van der Waals surface area contributed by atoms with Crippen LogP contribution in [0.1, 0.15) is 20.8 Å².